The van der Waals surface area contributed by atoms with Gasteiger partial charge in [0.2, 0.25) is 5.91 Å². The number of nitrogens with zero attached hydrogens (tertiary/aromatic N) is 3. The van der Waals surface area contributed by atoms with Gasteiger partial charge in [0.15, 0.2) is 5.82 Å². The molecule has 0 radical (unpaired) electrons. The van der Waals surface area contributed by atoms with Crippen molar-refractivity contribution in [1.82, 2.24) is 14.6 Å². The van der Waals surface area contributed by atoms with Crippen molar-refractivity contribution in [2.45, 2.75) is 77.3 Å². The minimum Gasteiger partial charge on any atom is -0.463 e. The Kier molecular flexibility index (Phi) is 7.47. The van der Waals surface area contributed by atoms with Crippen molar-refractivity contribution in [2.75, 3.05) is 11.9 Å². The molecule has 0 bridgehead atoms. The van der Waals surface area contributed by atoms with Gasteiger partial charge < -0.3 is 25.0 Å². The molecule has 4 atom stereocenters. The zero-order valence-corrected chi connectivity index (χ0v) is 18.9. The number of amides is 1. The number of carbonyl (C=O) groups excluding carboxylic acids is 2. The topological polar surface area (TPSA) is 135 Å². The summed E-state index contributed by atoms with van der Waals surface area (Å²) in [5, 5.41) is 28.4. The second-order valence-corrected chi connectivity index (χ2v) is 8.61. The molecule has 0 unspecified atom stereocenters. The van der Waals surface area contributed by atoms with Gasteiger partial charge in [0.25, 0.3) is 0 Å². The Bertz CT molecular complexity index is 961. The Morgan fingerprint density at radius 1 is 1.31 bits per heavy atom. The molecule has 1 aliphatic rings. The fourth-order valence-corrected chi connectivity index (χ4v) is 3.79. The van der Waals surface area contributed by atoms with Crippen LogP contribution < -0.4 is 5.32 Å². The first-order valence-electron chi connectivity index (χ1n) is 11.0. The third-order valence-electron chi connectivity index (χ3n) is 5.75. The average Bonchev–Trinajstić information content (AvgIpc) is 3.29. The normalized spacial score (nSPS) is 25.4. The SMILES string of the molecule is CCCCCC(=O)Nc1ncnn2c([C@]3(C)O[C@H](COC(=O)C(C)C)[C@@H](O)[C@H]3O)ccc12. The predicted octanol–water partition coefficient (Wildman–Crippen LogP) is 1.78. The minimum atomic E-state index is -1.32. The lowest BCUT2D eigenvalue weighted by Gasteiger charge is -2.27. The van der Waals surface area contributed by atoms with E-state index in [1.54, 1.807) is 32.9 Å². The van der Waals surface area contributed by atoms with E-state index in [0.717, 1.165) is 19.3 Å². The molecule has 1 amide bonds. The number of hydrogen-bond donors (Lipinski definition) is 3. The Balaban J connectivity index is 1.81. The first-order chi connectivity index (χ1) is 15.2. The monoisotopic (exact) mass is 448 g/mol. The molecular weight excluding hydrogens is 416 g/mol. The molecule has 32 heavy (non-hydrogen) atoms. The summed E-state index contributed by atoms with van der Waals surface area (Å²) >= 11 is 0. The van der Waals surface area contributed by atoms with Crippen molar-refractivity contribution in [3.05, 3.63) is 24.2 Å². The van der Waals surface area contributed by atoms with Crippen molar-refractivity contribution in [2.24, 2.45) is 5.92 Å². The lowest BCUT2D eigenvalue weighted by molar-refractivity contribution is -0.155. The van der Waals surface area contributed by atoms with Crippen molar-refractivity contribution < 1.29 is 29.3 Å². The second-order valence-electron chi connectivity index (χ2n) is 8.61. The molecule has 2 aromatic heterocycles. The molecule has 0 aromatic carbocycles. The average molecular weight is 449 g/mol. The third kappa shape index (κ3) is 4.77. The number of esters is 1. The number of ether oxygens (including phenoxy) is 2. The van der Waals surface area contributed by atoms with Gasteiger partial charge in [-0.2, -0.15) is 5.10 Å². The van der Waals surface area contributed by atoms with E-state index in [2.05, 4.69) is 22.3 Å². The quantitative estimate of drug-likeness (QED) is 0.390. The Morgan fingerprint density at radius 2 is 2.06 bits per heavy atom. The number of unbranched alkanes of at least 4 members (excludes halogenated alkanes) is 2. The molecule has 176 valence electrons. The molecule has 0 aliphatic carbocycles. The highest BCUT2D eigenvalue weighted by Crippen LogP contribution is 2.40. The lowest BCUT2D eigenvalue weighted by atomic mass is 9.93. The molecule has 3 N–H and O–H groups in total. The number of aromatic nitrogens is 3. The smallest absolute Gasteiger partial charge is 0.308 e. The van der Waals surface area contributed by atoms with E-state index in [0.29, 0.717) is 23.4 Å². The molecule has 1 fully saturated rings. The van der Waals surface area contributed by atoms with Gasteiger partial charge in [-0.3, -0.25) is 9.59 Å². The largest absolute Gasteiger partial charge is 0.463 e. The third-order valence-corrected chi connectivity index (χ3v) is 5.75. The molecule has 3 rings (SSSR count). The summed E-state index contributed by atoms with van der Waals surface area (Å²) in [6, 6.07) is 3.42. The van der Waals surface area contributed by atoms with Crippen LogP contribution in [0.5, 0.6) is 0 Å². The van der Waals surface area contributed by atoms with Crippen LogP contribution in [-0.2, 0) is 24.7 Å². The number of aliphatic hydroxyl groups excluding tert-OH is 2. The van der Waals surface area contributed by atoms with Crippen LogP contribution in [0, 0.1) is 5.92 Å². The van der Waals surface area contributed by atoms with Crippen LogP contribution in [0.25, 0.3) is 5.52 Å². The first kappa shape index (κ1) is 24.1. The molecule has 0 spiro atoms. The molecular formula is C22H32N4O6. The van der Waals surface area contributed by atoms with E-state index >= 15 is 0 Å². The van der Waals surface area contributed by atoms with E-state index in [-0.39, 0.29) is 18.4 Å². The van der Waals surface area contributed by atoms with Gasteiger partial charge >= 0.3 is 5.97 Å². The highest BCUT2D eigenvalue weighted by molar-refractivity contribution is 5.93. The molecule has 2 aromatic rings. The highest BCUT2D eigenvalue weighted by Gasteiger charge is 2.54. The summed E-state index contributed by atoms with van der Waals surface area (Å²) in [7, 11) is 0. The van der Waals surface area contributed by atoms with E-state index in [1.165, 1.54) is 10.8 Å². The van der Waals surface area contributed by atoms with Crippen LogP contribution in [0.3, 0.4) is 0 Å². The summed E-state index contributed by atoms with van der Waals surface area (Å²) < 4.78 is 12.7. The summed E-state index contributed by atoms with van der Waals surface area (Å²) in [6.45, 7) is 6.95. The number of nitrogens with one attached hydrogen (secondary N) is 1. The minimum absolute atomic E-state index is 0.132. The maximum Gasteiger partial charge on any atom is 0.308 e. The van der Waals surface area contributed by atoms with Crippen molar-refractivity contribution in [3.63, 3.8) is 0 Å². The predicted molar refractivity (Wildman–Crippen MR) is 116 cm³/mol. The Hall–Kier alpha value is -2.56. The van der Waals surface area contributed by atoms with Crippen LogP contribution in [0.2, 0.25) is 0 Å². The van der Waals surface area contributed by atoms with Crippen LogP contribution >= 0.6 is 0 Å². The number of fused-ring (bicyclic) bond motifs is 1. The fraction of sp³-hybridized carbons (Fsp3) is 0.636. The number of carbonyl (C=O) groups is 2. The van der Waals surface area contributed by atoms with Crippen LogP contribution in [0.1, 0.15) is 59.1 Å². The Labute approximate surface area is 186 Å². The fourth-order valence-electron chi connectivity index (χ4n) is 3.79. The van der Waals surface area contributed by atoms with Crippen LogP contribution in [0.4, 0.5) is 5.82 Å². The van der Waals surface area contributed by atoms with Crippen LogP contribution in [-0.4, -0.2) is 61.6 Å². The van der Waals surface area contributed by atoms with E-state index in [4.69, 9.17) is 9.47 Å². The van der Waals surface area contributed by atoms with Crippen molar-refractivity contribution in [1.29, 1.82) is 0 Å². The van der Waals surface area contributed by atoms with Crippen molar-refractivity contribution in [3.8, 4) is 0 Å². The van der Waals surface area contributed by atoms with Crippen molar-refractivity contribution >= 4 is 23.2 Å². The first-order valence-corrected chi connectivity index (χ1v) is 11.0. The zero-order valence-electron chi connectivity index (χ0n) is 18.9. The van der Waals surface area contributed by atoms with Gasteiger partial charge in [0, 0.05) is 6.42 Å². The van der Waals surface area contributed by atoms with Gasteiger partial charge in [0.1, 0.15) is 42.4 Å². The highest BCUT2D eigenvalue weighted by atomic mass is 16.6. The van der Waals surface area contributed by atoms with E-state index in [9.17, 15) is 19.8 Å². The standard InChI is InChI=1S/C22H32N4O6/c1-5-6-7-8-17(27)25-20-14-9-10-16(26(14)24-12-23-20)22(4)19(29)18(28)15(32-22)11-31-21(30)13(2)3/h9-10,12-13,15,18-19,28-29H,5-8,11H2,1-4H3,(H,23,24,25,27)/t15-,18-,19-,22+/m1/s1. The van der Waals surface area contributed by atoms with Gasteiger partial charge in [-0.1, -0.05) is 33.6 Å². The summed E-state index contributed by atoms with van der Waals surface area (Å²) in [5.41, 5.74) is -0.314. The maximum atomic E-state index is 12.2. The Morgan fingerprint density at radius 3 is 2.75 bits per heavy atom. The van der Waals surface area contributed by atoms with Gasteiger partial charge in [0.05, 0.1) is 11.6 Å². The molecule has 10 nitrogen and oxygen atoms in total. The van der Waals surface area contributed by atoms with E-state index < -0.39 is 29.9 Å². The van der Waals surface area contributed by atoms with E-state index in [1.807, 2.05) is 0 Å². The van der Waals surface area contributed by atoms with Gasteiger partial charge in [-0.25, -0.2) is 9.50 Å². The maximum absolute atomic E-state index is 12.2. The number of hydrogen-bond acceptors (Lipinski definition) is 8. The lowest BCUT2D eigenvalue weighted by Crippen LogP contribution is -2.39. The number of aliphatic hydroxyl groups is 2. The number of anilines is 1. The summed E-state index contributed by atoms with van der Waals surface area (Å²) in [6.07, 6.45) is 1.07. The van der Waals surface area contributed by atoms with Crippen LogP contribution in [0.15, 0.2) is 18.5 Å². The molecule has 10 heteroatoms. The van der Waals surface area contributed by atoms with Gasteiger partial charge in [-0.05, 0) is 25.5 Å². The zero-order chi connectivity index (χ0) is 23.5. The summed E-state index contributed by atoms with van der Waals surface area (Å²) in [5.74, 6) is -0.504. The number of rotatable bonds is 9. The molecule has 3 heterocycles. The summed E-state index contributed by atoms with van der Waals surface area (Å²) in [4.78, 5) is 28.2. The van der Waals surface area contributed by atoms with Gasteiger partial charge in [-0.15, -0.1) is 0 Å². The molecule has 1 saturated heterocycles. The molecule has 0 saturated carbocycles. The molecule has 1 aliphatic heterocycles. The second kappa shape index (κ2) is 9.93.